The van der Waals surface area contributed by atoms with Crippen LogP contribution in [-0.2, 0) is 0 Å². The normalized spacial score (nSPS) is 14.5. The van der Waals surface area contributed by atoms with Gasteiger partial charge in [-0.2, -0.15) is 0 Å². The molecule has 0 aliphatic carbocycles. The highest BCUT2D eigenvalue weighted by atomic mass is 15.2. The molecule has 0 aliphatic heterocycles. The molecule has 13 aromatic rings. The van der Waals surface area contributed by atoms with Gasteiger partial charge in [0.05, 0.1) is 58.2 Å². The van der Waals surface area contributed by atoms with Crippen molar-refractivity contribution in [1.29, 1.82) is 0 Å². The molecule has 0 radical (unpaired) electrons. The van der Waals surface area contributed by atoms with Gasteiger partial charge in [-0.05, 0) is 110 Å². The lowest BCUT2D eigenvalue weighted by Crippen LogP contribution is -2.10. The molecule has 4 nitrogen and oxygen atoms in total. The molecule has 0 atom stereocenters. The topological polar surface area (TPSA) is 15.3 Å². The van der Waals surface area contributed by atoms with Crippen LogP contribution in [0.3, 0.4) is 0 Å². The number of benzene rings is 9. The third-order valence-electron chi connectivity index (χ3n) is 12.2. The average molecular weight is 777 g/mol. The smallest absolute Gasteiger partial charge is 0.0645 e. The van der Waals surface area contributed by atoms with Crippen molar-refractivity contribution in [2.45, 2.75) is 13.8 Å². The lowest BCUT2D eigenvalue weighted by Gasteiger charge is -2.26. The molecule has 282 valence electrons. The van der Waals surface area contributed by atoms with Gasteiger partial charge in [0.2, 0.25) is 0 Å². The molecule has 0 aliphatic rings. The molecule has 4 heterocycles. The summed E-state index contributed by atoms with van der Waals surface area (Å²) in [4.78, 5) is 3.62. The van der Waals surface area contributed by atoms with Crippen molar-refractivity contribution < 1.29 is 13.7 Å². The van der Waals surface area contributed by atoms with Crippen molar-refractivity contribution >= 4 is 110 Å². The number of anilines is 6. The van der Waals surface area contributed by atoms with E-state index in [1.54, 1.807) is 0 Å². The first-order chi connectivity index (χ1) is 33.8. The summed E-state index contributed by atoms with van der Waals surface area (Å²) in [5, 5.41) is 7.60. The minimum Gasteiger partial charge on any atom is -0.310 e. The molecule has 0 saturated carbocycles. The first kappa shape index (κ1) is 24.8. The zero-order chi connectivity index (χ0) is 48.3. The average Bonchev–Trinajstić information content (AvgIpc) is 4.10. The second-order valence-corrected chi connectivity index (χ2v) is 15.6. The molecule has 0 bridgehead atoms. The molecule has 0 unspecified atom stereocenters. The van der Waals surface area contributed by atoms with Crippen LogP contribution in [0.1, 0.15) is 24.8 Å². The molecular formula is C56H38N4. The van der Waals surface area contributed by atoms with Crippen LogP contribution in [0.4, 0.5) is 34.1 Å². The SMILES string of the molecule is [2H]c1c([2H])c([2H])c(N(c2cccc(C)c2)c2ccc3c4cc5c(cc4n4c6ccccc6c2c34)c2ccc(N(c3cccc(C)c3)c3c([2H])c([2H])c([2H])c([2H])c3[2H])c3c4ccccc4n5c23)c([2H])c1[2H]. The number of hydrogen-bond donors (Lipinski definition) is 0. The molecule has 60 heavy (non-hydrogen) atoms. The van der Waals surface area contributed by atoms with Crippen LogP contribution in [0.5, 0.6) is 0 Å². The van der Waals surface area contributed by atoms with E-state index in [1.807, 2.05) is 109 Å². The quantitative estimate of drug-likeness (QED) is 0.167. The van der Waals surface area contributed by atoms with Crippen LogP contribution in [0.2, 0.25) is 0 Å². The number of fused-ring (bicyclic) bond motifs is 12. The van der Waals surface area contributed by atoms with E-state index in [0.717, 1.165) is 87.3 Å². The molecule has 0 N–H and O–H groups in total. The first-order valence-electron chi connectivity index (χ1n) is 25.0. The lowest BCUT2D eigenvalue weighted by molar-refractivity contribution is 1.28. The number of aryl methyl sites for hydroxylation is 2. The standard InChI is InChI=1S/C56H38N4/c1-35-15-13-21-39(31-35)57(37-17-5-3-6-18-37)49-29-27-41-45-33-52-46(34-51(45)59-47-25-11-9-23-43(47)53(49)55(41)59)42-28-30-50(54-44-24-10-12-26-48(44)60(52)56(42)54)58(38-19-7-4-8-20-38)40-22-14-16-36(2)32-40/h3-34H,1-2H3/i3D,4D,5D,6D,7D,8D,17D,18D,19D,20D. The summed E-state index contributed by atoms with van der Waals surface area (Å²) in [6, 6.07) is 40.8. The molecular weight excluding hydrogens is 729 g/mol. The summed E-state index contributed by atoms with van der Waals surface area (Å²) >= 11 is 0. The Hall–Kier alpha value is -7.82. The van der Waals surface area contributed by atoms with Gasteiger partial charge in [-0.25, -0.2) is 0 Å². The van der Waals surface area contributed by atoms with Crippen LogP contribution in [0, 0.1) is 13.8 Å². The van der Waals surface area contributed by atoms with E-state index < -0.39 is 36.3 Å². The molecule has 4 aromatic heterocycles. The Morgan fingerprint density at radius 1 is 0.367 bits per heavy atom. The van der Waals surface area contributed by atoms with Crippen LogP contribution < -0.4 is 9.80 Å². The van der Waals surface area contributed by atoms with Crippen molar-refractivity contribution in [3.05, 3.63) is 205 Å². The Kier molecular flexibility index (Phi) is 5.11. The Morgan fingerprint density at radius 2 is 0.800 bits per heavy atom. The summed E-state index contributed by atoms with van der Waals surface area (Å²) in [5.41, 5.74) is 10.4. The van der Waals surface area contributed by atoms with E-state index >= 15 is 0 Å². The van der Waals surface area contributed by atoms with Gasteiger partial charge < -0.3 is 18.6 Å². The minimum atomic E-state index is -0.454. The maximum Gasteiger partial charge on any atom is 0.0645 e. The second kappa shape index (κ2) is 12.3. The van der Waals surface area contributed by atoms with Crippen molar-refractivity contribution in [3.63, 3.8) is 0 Å². The largest absolute Gasteiger partial charge is 0.310 e. The molecule has 0 fully saturated rings. The summed E-state index contributed by atoms with van der Waals surface area (Å²) in [6.45, 7) is 3.94. The molecule has 0 amide bonds. The highest BCUT2D eigenvalue weighted by molar-refractivity contribution is 6.32. The fourth-order valence-electron chi connectivity index (χ4n) is 9.87. The summed E-state index contributed by atoms with van der Waals surface area (Å²) in [5.74, 6) is 0. The fourth-order valence-corrected chi connectivity index (χ4v) is 9.87. The predicted molar refractivity (Wildman–Crippen MR) is 255 cm³/mol. The molecule has 9 aromatic carbocycles. The van der Waals surface area contributed by atoms with E-state index in [9.17, 15) is 5.48 Å². The highest BCUT2D eigenvalue weighted by Gasteiger charge is 2.27. The molecule has 0 saturated heterocycles. The number of rotatable bonds is 6. The number of para-hydroxylation sites is 4. The van der Waals surface area contributed by atoms with Gasteiger partial charge in [0.1, 0.15) is 0 Å². The molecule has 0 spiro atoms. The summed E-state index contributed by atoms with van der Waals surface area (Å²) in [6.07, 6.45) is 0. The Balaban J connectivity index is 1.14. The van der Waals surface area contributed by atoms with Gasteiger partial charge in [-0.3, -0.25) is 0 Å². The zero-order valence-corrected chi connectivity index (χ0v) is 32.5. The van der Waals surface area contributed by atoms with Gasteiger partial charge in [-0.1, -0.05) is 109 Å². The number of aromatic nitrogens is 2. The van der Waals surface area contributed by atoms with Crippen LogP contribution >= 0.6 is 0 Å². The third-order valence-corrected chi connectivity index (χ3v) is 12.2. The van der Waals surface area contributed by atoms with Gasteiger partial charge in [-0.15, -0.1) is 0 Å². The Labute approximate surface area is 360 Å². The number of hydrogen-bond acceptors (Lipinski definition) is 2. The van der Waals surface area contributed by atoms with Gasteiger partial charge in [0.25, 0.3) is 0 Å². The van der Waals surface area contributed by atoms with Crippen molar-refractivity contribution in [1.82, 2.24) is 8.80 Å². The van der Waals surface area contributed by atoms with E-state index in [-0.39, 0.29) is 35.5 Å². The van der Waals surface area contributed by atoms with Crippen LogP contribution in [0.25, 0.3) is 76.2 Å². The van der Waals surface area contributed by atoms with E-state index in [0.29, 0.717) is 22.7 Å². The maximum absolute atomic E-state index is 9.19. The van der Waals surface area contributed by atoms with Crippen molar-refractivity contribution in [3.8, 4) is 0 Å². The monoisotopic (exact) mass is 776 g/mol. The molecule has 13 rings (SSSR count). The van der Waals surface area contributed by atoms with E-state index in [1.165, 1.54) is 0 Å². The third kappa shape index (κ3) is 4.50. The van der Waals surface area contributed by atoms with Crippen LogP contribution in [0.15, 0.2) is 194 Å². The minimum absolute atomic E-state index is 0.0604. The van der Waals surface area contributed by atoms with Gasteiger partial charge >= 0.3 is 0 Å². The summed E-state index contributed by atoms with van der Waals surface area (Å²) in [7, 11) is 0. The second-order valence-electron chi connectivity index (χ2n) is 15.6. The predicted octanol–water partition coefficient (Wildman–Crippen LogP) is 15.5. The van der Waals surface area contributed by atoms with Gasteiger partial charge in [0, 0.05) is 65.8 Å². The van der Waals surface area contributed by atoms with Crippen molar-refractivity contribution in [2.24, 2.45) is 0 Å². The first-order valence-corrected chi connectivity index (χ1v) is 20.0. The van der Waals surface area contributed by atoms with Crippen LogP contribution in [-0.4, -0.2) is 8.80 Å². The van der Waals surface area contributed by atoms with E-state index in [4.69, 9.17) is 8.22 Å². The van der Waals surface area contributed by atoms with Gasteiger partial charge in [0.15, 0.2) is 0 Å². The lowest BCUT2D eigenvalue weighted by atomic mass is 10.0. The number of nitrogens with zero attached hydrogens (tertiary/aromatic N) is 4. The van der Waals surface area contributed by atoms with Crippen molar-refractivity contribution in [2.75, 3.05) is 9.80 Å². The maximum atomic E-state index is 9.19. The Morgan fingerprint density at radius 3 is 1.23 bits per heavy atom. The summed E-state index contributed by atoms with van der Waals surface area (Å²) < 4.78 is 93.0. The van der Waals surface area contributed by atoms with E-state index in [2.05, 4.69) is 57.3 Å². The Bertz CT molecular complexity index is 4080. The zero-order valence-electron chi connectivity index (χ0n) is 42.5. The fraction of sp³-hybridized carbons (Fsp3) is 0.0357. The highest BCUT2D eigenvalue weighted by Crippen LogP contribution is 2.51. The molecule has 4 heteroatoms.